The average Bonchev–Trinajstić information content (AvgIpc) is 3.49. The van der Waals surface area contributed by atoms with E-state index in [9.17, 15) is 9.18 Å². The van der Waals surface area contributed by atoms with Crippen LogP contribution >= 0.6 is 0 Å². The molecule has 1 saturated heterocycles. The fourth-order valence-corrected chi connectivity index (χ4v) is 6.80. The highest BCUT2D eigenvalue weighted by molar-refractivity contribution is 6.12. The number of nitrogens with zero attached hydrogens (tertiary/aromatic N) is 1. The van der Waals surface area contributed by atoms with Crippen LogP contribution in [0.2, 0.25) is 0 Å². The van der Waals surface area contributed by atoms with Crippen LogP contribution in [0.15, 0.2) is 128 Å². The zero-order valence-corrected chi connectivity index (χ0v) is 28.8. The first kappa shape index (κ1) is 35.0. The highest BCUT2D eigenvalue weighted by Gasteiger charge is 2.34. The summed E-state index contributed by atoms with van der Waals surface area (Å²) in [6.07, 6.45) is 3.06. The molecule has 1 fully saturated rings. The van der Waals surface area contributed by atoms with Crippen molar-refractivity contribution in [3.05, 3.63) is 151 Å². The van der Waals surface area contributed by atoms with Crippen LogP contribution in [0.5, 0.6) is 0 Å². The average molecular weight is 673 g/mol. The third-order valence-corrected chi connectivity index (χ3v) is 9.02. The molecule has 6 nitrogen and oxygen atoms in total. The number of nitrogens with one attached hydrogen (secondary N) is 1. The second-order valence-corrected chi connectivity index (χ2v) is 13.0. The molecule has 1 amide bonds. The number of hydrogen-bond donors (Lipinski definition) is 1. The van der Waals surface area contributed by atoms with E-state index >= 15 is 0 Å². The van der Waals surface area contributed by atoms with Gasteiger partial charge in [-0.1, -0.05) is 98.8 Å². The number of aromatic nitrogens is 1. The van der Waals surface area contributed by atoms with Crippen LogP contribution in [0.3, 0.4) is 0 Å². The SMILES string of the molecule is C=CCOC1CC(OCc2ccccc2)C[C@@H](CCn2c(-c3ccc(F)cc3)c(-c3ccccc3)c(C(=O)Nc3ccccc3)c2C(C)C)O1. The van der Waals surface area contributed by atoms with Crippen molar-refractivity contribution in [3.63, 3.8) is 0 Å². The van der Waals surface area contributed by atoms with Crippen LogP contribution in [0.1, 0.15) is 60.6 Å². The van der Waals surface area contributed by atoms with Gasteiger partial charge in [0.15, 0.2) is 6.29 Å². The summed E-state index contributed by atoms with van der Waals surface area (Å²) in [7, 11) is 0. The van der Waals surface area contributed by atoms with E-state index in [1.165, 1.54) is 12.1 Å². The summed E-state index contributed by atoms with van der Waals surface area (Å²) >= 11 is 0. The Hall–Kier alpha value is -4.82. The van der Waals surface area contributed by atoms with E-state index in [1.807, 2.05) is 78.9 Å². The van der Waals surface area contributed by atoms with E-state index in [-0.39, 0.29) is 29.9 Å². The molecule has 7 heteroatoms. The van der Waals surface area contributed by atoms with Crippen molar-refractivity contribution >= 4 is 11.6 Å². The van der Waals surface area contributed by atoms with Crippen LogP contribution < -0.4 is 5.32 Å². The lowest BCUT2D eigenvalue weighted by Gasteiger charge is -2.35. The van der Waals surface area contributed by atoms with E-state index in [4.69, 9.17) is 14.2 Å². The number of rotatable bonds is 14. The second kappa shape index (κ2) is 16.7. The summed E-state index contributed by atoms with van der Waals surface area (Å²) in [5.74, 6) is -0.523. The summed E-state index contributed by atoms with van der Waals surface area (Å²) in [5.41, 5.74) is 6.76. The molecule has 5 aromatic rings. The van der Waals surface area contributed by atoms with Gasteiger partial charge in [0, 0.05) is 36.3 Å². The minimum absolute atomic E-state index is 0.0129. The van der Waals surface area contributed by atoms with E-state index in [0.29, 0.717) is 50.3 Å². The Morgan fingerprint density at radius 2 is 1.56 bits per heavy atom. The van der Waals surface area contributed by atoms with Crippen LogP contribution in [0.25, 0.3) is 22.4 Å². The maximum atomic E-state index is 14.4. The predicted octanol–water partition coefficient (Wildman–Crippen LogP) is 10.0. The molecule has 0 saturated carbocycles. The first-order chi connectivity index (χ1) is 24.4. The number of para-hydroxylation sites is 1. The topological polar surface area (TPSA) is 61.7 Å². The number of carbonyl (C=O) groups is 1. The van der Waals surface area contributed by atoms with E-state index in [0.717, 1.165) is 33.6 Å². The molecular formula is C43H45FN2O4. The van der Waals surface area contributed by atoms with Crippen molar-refractivity contribution in [1.82, 2.24) is 4.57 Å². The first-order valence-electron chi connectivity index (χ1n) is 17.4. The lowest BCUT2D eigenvalue weighted by atomic mass is 9.94. The Labute approximate surface area is 294 Å². The number of amides is 1. The lowest BCUT2D eigenvalue weighted by Crippen LogP contribution is -2.39. The molecule has 0 radical (unpaired) electrons. The van der Waals surface area contributed by atoms with Gasteiger partial charge in [-0.15, -0.1) is 6.58 Å². The number of benzene rings is 4. The summed E-state index contributed by atoms with van der Waals surface area (Å²) in [6, 6.07) is 36.1. The Kier molecular flexibility index (Phi) is 11.7. The predicted molar refractivity (Wildman–Crippen MR) is 197 cm³/mol. The number of halogens is 1. The van der Waals surface area contributed by atoms with Crippen molar-refractivity contribution in [3.8, 4) is 22.4 Å². The summed E-state index contributed by atoms with van der Waals surface area (Å²) in [6.45, 7) is 9.48. The first-order valence-corrected chi connectivity index (χ1v) is 17.4. The van der Waals surface area contributed by atoms with Crippen LogP contribution in [0.4, 0.5) is 10.1 Å². The Morgan fingerprint density at radius 3 is 2.22 bits per heavy atom. The van der Waals surface area contributed by atoms with E-state index in [1.54, 1.807) is 18.2 Å². The zero-order valence-electron chi connectivity index (χ0n) is 28.8. The molecule has 1 aliphatic rings. The van der Waals surface area contributed by atoms with Gasteiger partial charge in [-0.25, -0.2) is 4.39 Å². The maximum Gasteiger partial charge on any atom is 0.258 e. The molecule has 50 heavy (non-hydrogen) atoms. The molecule has 0 bridgehead atoms. The van der Waals surface area contributed by atoms with Crippen LogP contribution in [-0.2, 0) is 27.4 Å². The Balaban J connectivity index is 1.40. The van der Waals surface area contributed by atoms with Crippen molar-refractivity contribution in [2.75, 3.05) is 11.9 Å². The van der Waals surface area contributed by atoms with E-state index < -0.39 is 6.29 Å². The molecule has 6 rings (SSSR count). The van der Waals surface area contributed by atoms with Gasteiger partial charge in [-0.2, -0.15) is 0 Å². The van der Waals surface area contributed by atoms with Gasteiger partial charge in [-0.05, 0) is 65.4 Å². The fraction of sp³-hybridized carbons (Fsp3) is 0.279. The van der Waals surface area contributed by atoms with Gasteiger partial charge in [-0.3, -0.25) is 4.79 Å². The third kappa shape index (κ3) is 8.48. The van der Waals surface area contributed by atoms with Crippen molar-refractivity contribution in [2.24, 2.45) is 0 Å². The normalized spacial score (nSPS) is 17.5. The largest absolute Gasteiger partial charge is 0.373 e. The second-order valence-electron chi connectivity index (χ2n) is 13.0. The maximum absolute atomic E-state index is 14.4. The number of ether oxygens (including phenoxy) is 3. The van der Waals surface area contributed by atoms with Crippen LogP contribution in [-0.4, -0.2) is 35.6 Å². The molecule has 2 unspecified atom stereocenters. The molecule has 3 atom stereocenters. The van der Waals surface area contributed by atoms with Gasteiger partial charge in [0.2, 0.25) is 0 Å². The van der Waals surface area contributed by atoms with Crippen molar-refractivity contribution in [2.45, 2.75) is 70.7 Å². The van der Waals surface area contributed by atoms with Gasteiger partial charge in [0.05, 0.1) is 36.7 Å². The van der Waals surface area contributed by atoms with Crippen molar-refractivity contribution in [1.29, 1.82) is 0 Å². The smallest absolute Gasteiger partial charge is 0.258 e. The summed E-state index contributed by atoms with van der Waals surface area (Å²) in [4.78, 5) is 14.4. The molecule has 0 aliphatic carbocycles. The number of hydrogen-bond acceptors (Lipinski definition) is 4. The molecule has 1 aromatic heterocycles. The molecule has 0 spiro atoms. The Morgan fingerprint density at radius 1 is 0.900 bits per heavy atom. The standard InChI is InChI=1S/C43H45FN2O4/c1-4-26-48-38-28-37(49-29-31-14-8-5-9-15-31)27-36(50-38)24-25-46-41(30(2)3)40(43(47)45-35-18-12-7-13-19-35)39(32-16-10-6-11-17-32)42(46)33-20-22-34(44)23-21-33/h4-23,30,36-38H,1,24-29H2,2-3H3,(H,45,47)/t36-,37?,38?/m1/s1. The Bertz CT molecular complexity index is 1840. The lowest BCUT2D eigenvalue weighted by molar-refractivity contribution is -0.220. The highest BCUT2D eigenvalue weighted by Crippen LogP contribution is 2.43. The minimum atomic E-state index is -0.426. The quantitative estimate of drug-likeness (QED) is 0.119. The monoisotopic (exact) mass is 672 g/mol. The molecule has 1 aliphatic heterocycles. The summed E-state index contributed by atoms with van der Waals surface area (Å²) in [5, 5.41) is 3.15. The van der Waals surface area contributed by atoms with Gasteiger partial charge in [0.25, 0.3) is 5.91 Å². The molecule has 2 heterocycles. The highest BCUT2D eigenvalue weighted by atomic mass is 19.1. The third-order valence-electron chi connectivity index (χ3n) is 9.02. The number of carbonyl (C=O) groups excluding carboxylic acids is 1. The van der Waals surface area contributed by atoms with Gasteiger partial charge in [0.1, 0.15) is 5.82 Å². The molecular weight excluding hydrogens is 627 g/mol. The minimum Gasteiger partial charge on any atom is -0.373 e. The van der Waals surface area contributed by atoms with Crippen LogP contribution in [0, 0.1) is 5.82 Å². The molecule has 258 valence electrons. The molecule has 1 N–H and O–H groups in total. The fourth-order valence-electron chi connectivity index (χ4n) is 6.80. The number of anilines is 1. The summed E-state index contributed by atoms with van der Waals surface area (Å²) < 4.78 is 35.5. The van der Waals surface area contributed by atoms with Crippen molar-refractivity contribution < 1.29 is 23.4 Å². The van der Waals surface area contributed by atoms with Gasteiger partial charge >= 0.3 is 0 Å². The van der Waals surface area contributed by atoms with E-state index in [2.05, 4.69) is 42.4 Å². The van der Waals surface area contributed by atoms with Gasteiger partial charge < -0.3 is 24.1 Å². The molecule has 4 aromatic carbocycles. The zero-order chi connectivity index (χ0) is 34.9.